The lowest BCUT2D eigenvalue weighted by Crippen LogP contribution is -2.52. The van der Waals surface area contributed by atoms with Crippen LogP contribution in [0.3, 0.4) is 0 Å². The molecule has 2 heterocycles. The maximum absolute atomic E-state index is 11.8. The highest BCUT2D eigenvalue weighted by atomic mass is 32.2. The molecule has 0 radical (unpaired) electrons. The second-order valence-corrected chi connectivity index (χ2v) is 10.2. The van der Waals surface area contributed by atoms with E-state index < -0.39 is 10.0 Å². The van der Waals surface area contributed by atoms with Crippen molar-refractivity contribution in [2.24, 2.45) is 5.92 Å². The molecule has 0 spiro atoms. The monoisotopic (exact) mass is 417 g/mol. The van der Waals surface area contributed by atoms with E-state index in [4.69, 9.17) is 9.47 Å². The quantitative estimate of drug-likeness (QED) is 0.565. The molecule has 0 aromatic carbocycles. The van der Waals surface area contributed by atoms with Crippen molar-refractivity contribution in [2.45, 2.75) is 51.2 Å². The first-order valence-corrected chi connectivity index (χ1v) is 12.4. The lowest BCUT2D eigenvalue weighted by Gasteiger charge is -2.37. The van der Waals surface area contributed by atoms with Crippen LogP contribution < -0.4 is 0 Å². The Balaban J connectivity index is 1.33. The Morgan fingerprint density at radius 1 is 1.00 bits per heavy atom. The minimum atomic E-state index is -3.07. The van der Waals surface area contributed by atoms with Gasteiger partial charge in [-0.1, -0.05) is 0 Å². The number of carbonyl (C=O) groups excluding carboxylic acids is 1. The molecule has 0 bridgehead atoms. The van der Waals surface area contributed by atoms with Crippen LogP contribution >= 0.6 is 0 Å². The third-order valence-electron chi connectivity index (χ3n) is 6.29. The molecule has 0 aromatic heterocycles. The first-order chi connectivity index (χ1) is 13.4. The van der Waals surface area contributed by atoms with Crippen molar-refractivity contribution >= 4 is 16.0 Å². The molecule has 1 atom stereocenters. The molecule has 9 heteroatoms. The van der Waals surface area contributed by atoms with E-state index >= 15 is 0 Å². The minimum Gasteiger partial charge on any atom is -0.466 e. The molecule has 2 saturated heterocycles. The predicted molar refractivity (Wildman–Crippen MR) is 106 cm³/mol. The van der Waals surface area contributed by atoms with Crippen LogP contribution in [0.2, 0.25) is 0 Å². The zero-order valence-electron chi connectivity index (χ0n) is 17.2. The second-order valence-electron chi connectivity index (χ2n) is 8.24. The number of ether oxygens (including phenoxy) is 2. The second kappa shape index (κ2) is 9.84. The predicted octanol–water partition coefficient (Wildman–Crippen LogP) is 0.734. The van der Waals surface area contributed by atoms with E-state index in [-0.39, 0.29) is 18.0 Å². The SMILES string of the molecule is CCOC(=O)[C@H]1CC[C@H](OCN2CCC(N3CCN(S(C)(=O)=O)CC3)C2)CC1. The Bertz CT molecular complexity index is 613. The van der Waals surface area contributed by atoms with Gasteiger partial charge in [-0.05, 0) is 39.0 Å². The Kier molecular flexibility index (Phi) is 7.72. The molecule has 0 amide bonds. The van der Waals surface area contributed by atoms with Crippen molar-refractivity contribution in [2.75, 3.05) is 58.9 Å². The van der Waals surface area contributed by atoms with Crippen molar-refractivity contribution in [3.8, 4) is 0 Å². The summed E-state index contributed by atoms with van der Waals surface area (Å²) in [5.74, 6) is -0.0131. The minimum absolute atomic E-state index is 0.0431. The molecule has 28 heavy (non-hydrogen) atoms. The zero-order chi connectivity index (χ0) is 20.1. The van der Waals surface area contributed by atoms with Gasteiger partial charge in [0.25, 0.3) is 0 Å². The fourth-order valence-corrected chi connectivity index (χ4v) is 5.39. The highest BCUT2D eigenvalue weighted by molar-refractivity contribution is 7.88. The summed E-state index contributed by atoms with van der Waals surface area (Å²) < 4.78 is 36.1. The molecular formula is C19H35N3O5S. The molecular weight excluding hydrogens is 382 g/mol. The smallest absolute Gasteiger partial charge is 0.308 e. The third kappa shape index (κ3) is 5.89. The van der Waals surface area contributed by atoms with Gasteiger partial charge in [0.05, 0.1) is 31.6 Å². The molecule has 2 aliphatic heterocycles. The van der Waals surface area contributed by atoms with Gasteiger partial charge >= 0.3 is 5.97 Å². The molecule has 3 rings (SSSR count). The number of hydrogen-bond acceptors (Lipinski definition) is 7. The van der Waals surface area contributed by atoms with E-state index in [1.165, 1.54) is 6.26 Å². The summed E-state index contributed by atoms with van der Waals surface area (Å²) in [6.07, 6.45) is 6.20. The number of nitrogens with zero attached hydrogens (tertiary/aromatic N) is 3. The van der Waals surface area contributed by atoms with E-state index in [0.717, 1.165) is 58.3 Å². The van der Waals surface area contributed by atoms with Gasteiger partial charge in [0, 0.05) is 45.3 Å². The number of piperazine rings is 1. The average molecular weight is 418 g/mol. The van der Waals surface area contributed by atoms with Gasteiger partial charge in [-0.15, -0.1) is 0 Å². The van der Waals surface area contributed by atoms with Crippen LogP contribution in [0.4, 0.5) is 0 Å². The molecule has 162 valence electrons. The van der Waals surface area contributed by atoms with E-state index in [1.807, 2.05) is 6.92 Å². The van der Waals surface area contributed by atoms with E-state index in [2.05, 4.69) is 9.80 Å². The summed E-state index contributed by atoms with van der Waals surface area (Å²) in [5.41, 5.74) is 0. The van der Waals surface area contributed by atoms with Gasteiger partial charge in [-0.25, -0.2) is 8.42 Å². The maximum atomic E-state index is 11.8. The molecule has 1 aliphatic carbocycles. The molecule has 1 saturated carbocycles. The number of carbonyl (C=O) groups is 1. The number of hydrogen-bond donors (Lipinski definition) is 0. The van der Waals surface area contributed by atoms with Gasteiger partial charge in [0.15, 0.2) is 0 Å². The van der Waals surface area contributed by atoms with Crippen molar-refractivity contribution < 1.29 is 22.7 Å². The van der Waals surface area contributed by atoms with Crippen LogP contribution in [0.15, 0.2) is 0 Å². The van der Waals surface area contributed by atoms with Crippen LogP contribution in [-0.2, 0) is 24.3 Å². The molecule has 0 aromatic rings. The van der Waals surface area contributed by atoms with Crippen LogP contribution in [-0.4, -0.2) is 99.5 Å². The Morgan fingerprint density at radius 2 is 1.68 bits per heavy atom. The van der Waals surface area contributed by atoms with Gasteiger partial charge in [-0.3, -0.25) is 14.6 Å². The summed E-state index contributed by atoms with van der Waals surface area (Å²) in [5, 5.41) is 0. The summed E-state index contributed by atoms with van der Waals surface area (Å²) in [6.45, 7) is 7.76. The molecule has 8 nitrogen and oxygen atoms in total. The van der Waals surface area contributed by atoms with Crippen molar-refractivity contribution in [1.82, 2.24) is 14.1 Å². The third-order valence-corrected chi connectivity index (χ3v) is 7.60. The lowest BCUT2D eigenvalue weighted by molar-refractivity contribution is -0.150. The van der Waals surface area contributed by atoms with Crippen molar-refractivity contribution in [1.29, 1.82) is 0 Å². The maximum Gasteiger partial charge on any atom is 0.308 e. The van der Waals surface area contributed by atoms with Crippen LogP contribution in [0.1, 0.15) is 39.0 Å². The summed E-state index contributed by atoms with van der Waals surface area (Å²) in [6, 6.07) is 0.491. The highest BCUT2D eigenvalue weighted by Crippen LogP contribution is 2.28. The van der Waals surface area contributed by atoms with Crippen molar-refractivity contribution in [3.63, 3.8) is 0 Å². The largest absolute Gasteiger partial charge is 0.466 e. The Labute approximate surface area is 169 Å². The Hall–Kier alpha value is -0.740. The number of sulfonamides is 1. The fraction of sp³-hybridized carbons (Fsp3) is 0.947. The zero-order valence-corrected chi connectivity index (χ0v) is 18.0. The van der Waals surface area contributed by atoms with Gasteiger partial charge in [0.2, 0.25) is 10.0 Å². The van der Waals surface area contributed by atoms with E-state index in [0.29, 0.717) is 32.5 Å². The van der Waals surface area contributed by atoms with Crippen LogP contribution in [0.5, 0.6) is 0 Å². The van der Waals surface area contributed by atoms with Crippen LogP contribution in [0, 0.1) is 5.92 Å². The number of likely N-dealkylation sites (tertiary alicyclic amines) is 1. The van der Waals surface area contributed by atoms with E-state index in [1.54, 1.807) is 4.31 Å². The summed E-state index contributed by atoms with van der Waals surface area (Å²) in [7, 11) is -3.07. The molecule has 3 fully saturated rings. The van der Waals surface area contributed by atoms with Gasteiger partial charge < -0.3 is 9.47 Å². The van der Waals surface area contributed by atoms with E-state index in [9.17, 15) is 13.2 Å². The van der Waals surface area contributed by atoms with Crippen molar-refractivity contribution in [3.05, 3.63) is 0 Å². The summed E-state index contributed by atoms with van der Waals surface area (Å²) in [4.78, 5) is 16.6. The molecule has 0 N–H and O–H groups in total. The normalized spacial score (nSPS) is 31.1. The average Bonchev–Trinajstić information content (AvgIpc) is 3.15. The first-order valence-electron chi connectivity index (χ1n) is 10.6. The Morgan fingerprint density at radius 3 is 2.29 bits per heavy atom. The first kappa shape index (κ1) is 22.0. The molecule has 3 aliphatic rings. The fourth-order valence-electron chi connectivity index (χ4n) is 4.56. The number of esters is 1. The topological polar surface area (TPSA) is 79.4 Å². The van der Waals surface area contributed by atoms with Gasteiger partial charge in [0.1, 0.15) is 0 Å². The van der Waals surface area contributed by atoms with Gasteiger partial charge in [-0.2, -0.15) is 4.31 Å². The number of rotatable bonds is 7. The molecule has 1 unspecified atom stereocenters. The summed E-state index contributed by atoms with van der Waals surface area (Å²) >= 11 is 0. The lowest BCUT2D eigenvalue weighted by atomic mass is 9.87. The van der Waals surface area contributed by atoms with Crippen LogP contribution in [0.25, 0.3) is 0 Å². The standard InChI is InChI=1S/C19H35N3O5S/c1-3-26-19(23)16-4-6-18(7-5-16)27-15-20-9-8-17(14-20)21-10-12-22(13-11-21)28(2,24)25/h16-18H,3-15H2,1-2H3/t16-,17?,18-. The highest BCUT2D eigenvalue weighted by Gasteiger charge is 2.33.